The third kappa shape index (κ3) is 4.04. The number of likely N-dealkylation sites (N-methyl/N-ethyl adjacent to an activating group) is 1. The average Bonchev–Trinajstić information content (AvgIpc) is 3.01. The minimum absolute atomic E-state index is 0.0765. The van der Waals surface area contributed by atoms with Crippen LogP contribution in [-0.2, 0) is 10.3 Å². The molecular weight excluding hydrogens is 264 g/mol. The topological polar surface area (TPSA) is 44.7 Å². The van der Waals surface area contributed by atoms with Crippen LogP contribution in [0.4, 0.5) is 0 Å². The van der Waals surface area contributed by atoms with E-state index in [0.29, 0.717) is 12.1 Å². The molecule has 0 spiro atoms. The lowest BCUT2D eigenvalue weighted by Crippen LogP contribution is -2.56. The van der Waals surface area contributed by atoms with Crippen molar-refractivity contribution in [2.45, 2.75) is 37.9 Å². The van der Waals surface area contributed by atoms with E-state index in [2.05, 4.69) is 43.2 Å². The quantitative estimate of drug-likeness (QED) is 0.801. The Labute approximate surface area is 128 Å². The summed E-state index contributed by atoms with van der Waals surface area (Å²) in [6, 6.07) is 11.0. The second kappa shape index (κ2) is 7.36. The van der Waals surface area contributed by atoms with Crippen LogP contribution in [0.3, 0.4) is 0 Å². The van der Waals surface area contributed by atoms with E-state index in [1.807, 2.05) is 18.2 Å². The Bertz CT molecular complexity index is 418. The molecule has 2 rings (SSSR count). The molecule has 2 N–H and O–H groups in total. The van der Waals surface area contributed by atoms with Gasteiger partial charge in [0, 0.05) is 25.2 Å². The molecule has 4 nitrogen and oxygen atoms in total. The summed E-state index contributed by atoms with van der Waals surface area (Å²) in [5, 5.41) is 13.7. The molecule has 0 saturated carbocycles. The number of aliphatic hydroxyl groups excluding tert-OH is 1. The van der Waals surface area contributed by atoms with E-state index < -0.39 is 5.54 Å². The van der Waals surface area contributed by atoms with E-state index in [4.69, 9.17) is 4.74 Å². The highest BCUT2D eigenvalue weighted by Crippen LogP contribution is 2.25. The van der Waals surface area contributed by atoms with Crippen LogP contribution in [-0.4, -0.2) is 55.5 Å². The number of benzene rings is 1. The summed E-state index contributed by atoms with van der Waals surface area (Å²) in [7, 11) is 2.12. The smallest absolute Gasteiger partial charge is 0.0799 e. The van der Waals surface area contributed by atoms with E-state index in [-0.39, 0.29) is 6.61 Å². The van der Waals surface area contributed by atoms with E-state index in [9.17, 15) is 5.11 Å². The summed E-state index contributed by atoms with van der Waals surface area (Å²) < 4.78 is 5.49. The number of nitrogens with zero attached hydrogens (tertiary/aromatic N) is 1. The number of hydrogen-bond donors (Lipinski definition) is 2. The molecule has 21 heavy (non-hydrogen) atoms. The van der Waals surface area contributed by atoms with Crippen molar-refractivity contribution in [1.29, 1.82) is 0 Å². The average molecular weight is 292 g/mol. The second-order valence-electron chi connectivity index (χ2n) is 6.34. The van der Waals surface area contributed by atoms with Gasteiger partial charge in [0.05, 0.1) is 18.8 Å². The molecule has 1 aromatic rings. The van der Waals surface area contributed by atoms with Gasteiger partial charge in [-0.1, -0.05) is 30.3 Å². The molecule has 0 aliphatic carbocycles. The molecule has 1 aliphatic rings. The van der Waals surface area contributed by atoms with Crippen molar-refractivity contribution in [3.05, 3.63) is 35.9 Å². The van der Waals surface area contributed by atoms with Gasteiger partial charge in [-0.25, -0.2) is 0 Å². The zero-order valence-electron chi connectivity index (χ0n) is 13.4. The lowest BCUT2D eigenvalue weighted by atomic mass is 9.88. The maximum Gasteiger partial charge on any atom is 0.0799 e. The Morgan fingerprint density at radius 3 is 2.62 bits per heavy atom. The largest absolute Gasteiger partial charge is 0.394 e. The maximum absolute atomic E-state index is 10.2. The van der Waals surface area contributed by atoms with Crippen LogP contribution >= 0.6 is 0 Å². The summed E-state index contributed by atoms with van der Waals surface area (Å²) in [6.45, 7) is 6.70. The summed E-state index contributed by atoms with van der Waals surface area (Å²) in [4.78, 5) is 2.31. The monoisotopic (exact) mass is 292 g/mol. The van der Waals surface area contributed by atoms with Crippen LogP contribution in [0.5, 0.6) is 0 Å². The van der Waals surface area contributed by atoms with Crippen molar-refractivity contribution in [2.75, 3.05) is 33.4 Å². The Balaban J connectivity index is 2.21. The van der Waals surface area contributed by atoms with Crippen molar-refractivity contribution >= 4 is 0 Å². The number of aliphatic hydroxyl groups is 1. The lowest BCUT2D eigenvalue weighted by Gasteiger charge is -2.40. The summed E-state index contributed by atoms with van der Waals surface area (Å²) >= 11 is 0. The summed E-state index contributed by atoms with van der Waals surface area (Å²) in [5.74, 6) is 0. The molecule has 0 amide bonds. The Morgan fingerprint density at radius 2 is 2.10 bits per heavy atom. The summed E-state index contributed by atoms with van der Waals surface area (Å²) in [6.07, 6.45) is 1.06. The molecule has 1 aliphatic heterocycles. The van der Waals surface area contributed by atoms with E-state index >= 15 is 0 Å². The molecule has 4 heteroatoms. The highest BCUT2D eigenvalue weighted by Gasteiger charge is 2.35. The van der Waals surface area contributed by atoms with E-state index in [1.54, 1.807) is 0 Å². The SMILES string of the molecule is CC(C)NC(CO)(CN(C)C1CCOC1)c1ccccc1. The van der Waals surface area contributed by atoms with Crippen LogP contribution < -0.4 is 5.32 Å². The van der Waals surface area contributed by atoms with Gasteiger partial charge in [-0.3, -0.25) is 4.90 Å². The van der Waals surface area contributed by atoms with E-state index in [0.717, 1.165) is 31.7 Å². The second-order valence-corrected chi connectivity index (χ2v) is 6.34. The number of ether oxygens (including phenoxy) is 1. The van der Waals surface area contributed by atoms with Crippen molar-refractivity contribution in [1.82, 2.24) is 10.2 Å². The van der Waals surface area contributed by atoms with Gasteiger partial charge < -0.3 is 15.2 Å². The molecule has 1 heterocycles. The van der Waals surface area contributed by atoms with Gasteiger partial charge in [0.1, 0.15) is 0 Å². The fourth-order valence-corrected chi connectivity index (χ4v) is 3.14. The third-order valence-corrected chi connectivity index (χ3v) is 4.21. The first kappa shape index (κ1) is 16.4. The number of nitrogens with one attached hydrogen (secondary N) is 1. The molecule has 1 fully saturated rings. The van der Waals surface area contributed by atoms with Gasteiger partial charge in [0.25, 0.3) is 0 Å². The predicted molar refractivity (Wildman–Crippen MR) is 85.3 cm³/mol. The Morgan fingerprint density at radius 1 is 1.38 bits per heavy atom. The van der Waals surface area contributed by atoms with Crippen LogP contribution in [0.1, 0.15) is 25.8 Å². The zero-order chi connectivity index (χ0) is 15.3. The van der Waals surface area contributed by atoms with Crippen LogP contribution in [0, 0.1) is 0 Å². The molecule has 0 radical (unpaired) electrons. The van der Waals surface area contributed by atoms with Gasteiger partial charge in [-0.15, -0.1) is 0 Å². The van der Waals surface area contributed by atoms with Gasteiger partial charge in [0.15, 0.2) is 0 Å². The molecule has 118 valence electrons. The first-order chi connectivity index (χ1) is 10.1. The zero-order valence-corrected chi connectivity index (χ0v) is 13.4. The third-order valence-electron chi connectivity index (χ3n) is 4.21. The van der Waals surface area contributed by atoms with Crippen LogP contribution in [0.2, 0.25) is 0 Å². The van der Waals surface area contributed by atoms with Crippen molar-refractivity contribution < 1.29 is 9.84 Å². The van der Waals surface area contributed by atoms with Crippen molar-refractivity contribution in [3.8, 4) is 0 Å². The fourth-order valence-electron chi connectivity index (χ4n) is 3.14. The summed E-state index contributed by atoms with van der Waals surface area (Å²) in [5.41, 5.74) is 0.694. The Hall–Kier alpha value is -0.940. The minimum Gasteiger partial charge on any atom is -0.394 e. The Kier molecular flexibility index (Phi) is 5.76. The highest BCUT2D eigenvalue weighted by molar-refractivity contribution is 5.25. The molecule has 1 aromatic carbocycles. The molecule has 2 atom stereocenters. The standard InChI is InChI=1S/C17H28N2O2/c1-14(2)18-17(13-20,15-7-5-4-6-8-15)12-19(3)16-9-10-21-11-16/h4-8,14,16,18,20H,9-13H2,1-3H3. The van der Waals surface area contributed by atoms with E-state index in [1.165, 1.54) is 0 Å². The maximum atomic E-state index is 10.2. The molecular formula is C17H28N2O2. The predicted octanol–water partition coefficient (Wildman–Crippen LogP) is 1.59. The first-order valence-electron chi connectivity index (χ1n) is 7.79. The van der Waals surface area contributed by atoms with Crippen LogP contribution in [0.15, 0.2) is 30.3 Å². The first-order valence-corrected chi connectivity index (χ1v) is 7.79. The van der Waals surface area contributed by atoms with Crippen molar-refractivity contribution in [2.24, 2.45) is 0 Å². The number of rotatable bonds is 7. The molecule has 1 saturated heterocycles. The lowest BCUT2D eigenvalue weighted by molar-refractivity contribution is 0.0847. The van der Waals surface area contributed by atoms with Gasteiger partial charge >= 0.3 is 0 Å². The number of hydrogen-bond acceptors (Lipinski definition) is 4. The molecule has 2 unspecified atom stereocenters. The van der Waals surface area contributed by atoms with Crippen molar-refractivity contribution in [3.63, 3.8) is 0 Å². The molecule has 0 bridgehead atoms. The molecule has 0 aromatic heterocycles. The van der Waals surface area contributed by atoms with Gasteiger partial charge in [-0.2, -0.15) is 0 Å². The fraction of sp³-hybridized carbons (Fsp3) is 0.647. The highest BCUT2D eigenvalue weighted by atomic mass is 16.5. The van der Waals surface area contributed by atoms with Crippen LogP contribution in [0.25, 0.3) is 0 Å². The minimum atomic E-state index is -0.438. The van der Waals surface area contributed by atoms with Gasteiger partial charge in [0.2, 0.25) is 0 Å². The van der Waals surface area contributed by atoms with Gasteiger partial charge in [-0.05, 0) is 32.9 Å². The normalized spacial score (nSPS) is 21.9.